The Balaban J connectivity index is 1.73. The minimum Gasteiger partial charge on any atom is -0.465 e. The lowest BCUT2D eigenvalue weighted by atomic mass is 10.1. The summed E-state index contributed by atoms with van der Waals surface area (Å²) < 4.78 is 4.59. The van der Waals surface area contributed by atoms with Crippen molar-refractivity contribution in [3.63, 3.8) is 0 Å². The third-order valence-corrected chi connectivity index (χ3v) is 4.41. The van der Waals surface area contributed by atoms with Gasteiger partial charge in [-0.25, -0.2) is 4.79 Å². The molecule has 0 saturated carbocycles. The van der Waals surface area contributed by atoms with Gasteiger partial charge in [-0.05, 0) is 37.1 Å². The fourth-order valence-corrected chi connectivity index (χ4v) is 3.00. The van der Waals surface area contributed by atoms with Gasteiger partial charge in [0.05, 0.1) is 17.6 Å². The van der Waals surface area contributed by atoms with Crippen molar-refractivity contribution >= 4 is 28.5 Å². The van der Waals surface area contributed by atoms with Crippen LogP contribution < -0.4 is 5.32 Å². The van der Waals surface area contributed by atoms with Crippen molar-refractivity contribution in [2.24, 2.45) is 0 Å². The van der Waals surface area contributed by atoms with Crippen LogP contribution >= 0.6 is 0 Å². The maximum absolute atomic E-state index is 12.4. The molecule has 8 heteroatoms. The highest BCUT2D eigenvalue weighted by Gasteiger charge is 2.18. The molecule has 144 valence electrons. The van der Waals surface area contributed by atoms with E-state index in [1.807, 2.05) is 25.3 Å². The first kappa shape index (κ1) is 19.1. The van der Waals surface area contributed by atoms with E-state index in [1.54, 1.807) is 0 Å². The van der Waals surface area contributed by atoms with E-state index in [0.29, 0.717) is 13.0 Å². The largest absolute Gasteiger partial charge is 0.465 e. The van der Waals surface area contributed by atoms with Gasteiger partial charge in [0.2, 0.25) is 0 Å². The molecular weight excluding hydrogens is 362 g/mol. The molecule has 0 atom stereocenters. The lowest BCUT2D eigenvalue weighted by molar-refractivity contribution is -0.384. The monoisotopic (exact) mass is 381 g/mol. The third kappa shape index (κ3) is 4.01. The molecule has 0 radical (unpaired) electrons. The van der Waals surface area contributed by atoms with E-state index >= 15 is 0 Å². The molecular formula is C20H19N3O5. The van der Waals surface area contributed by atoms with Crippen molar-refractivity contribution in [1.29, 1.82) is 0 Å². The Hall–Kier alpha value is -3.68. The summed E-state index contributed by atoms with van der Waals surface area (Å²) in [6, 6.07) is 9.60. The summed E-state index contributed by atoms with van der Waals surface area (Å²) in [4.78, 5) is 37.8. The molecule has 0 saturated heterocycles. The fraction of sp³-hybridized carbons (Fsp3) is 0.200. The van der Waals surface area contributed by atoms with Gasteiger partial charge in [0, 0.05) is 41.3 Å². The zero-order valence-corrected chi connectivity index (χ0v) is 15.4. The average Bonchev–Trinajstić information content (AvgIpc) is 3.08. The van der Waals surface area contributed by atoms with Gasteiger partial charge in [0.1, 0.15) is 0 Å². The number of H-pyrrole nitrogens is 1. The Labute approximate surface area is 160 Å². The maximum Gasteiger partial charge on any atom is 0.338 e. The summed E-state index contributed by atoms with van der Waals surface area (Å²) in [6.07, 6.45) is 2.49. The van der Waals surface area contributed by atoms with E-state index in [-0.39, 0.29) is 16.8 Å². The number of esters is 1. The number of fused-ring (bicyclic) bond motifs is 1. The molecule has 0 aliphatic heterocycles. The lowest BCUT2D eigenvalue weighted by Crippen LogP contribution is -2.26. The standard InChI is InChI=1S/C20H19N3O5/c1-12-3-4-18-17(7-12)13(11-22-18)5-6-21-19(24)14-8-15(20(25)28-2)10-16(9-14)23(26)27/h3-4,7-11,22H,5-6H2,1-2H3,(H,21,24). The highest BCUT2D eigenvalue weighted by atomic mass is 16.6. The first-order valence-electron chi connectivity index (χ1n) is 8.61. The molecule has 1 aromatic heterocycles. The van der Waals surface area contributed by atoms with Crippen LogP contribution in [0.3, 0.4) is 0 Å². The first-order chi connectivity index (χ1) is 13.4. The van der Waals surface area contributed by atoms with E-state index in [9.17, 15) is 19.7 Å². The van der Waals surface area contributed by atoms with E-state index < -0.39 is 16.8 Å². The smallest absolute Gasteiger partial charge is 0.338 e. The lowest BCUT2D eigenvalue weighted by Gasteiger charge is -2.07. The van der Waals surface area contributed by atoms with Crippen molar-refractivity contribution < 1.29 is 19.2 Å². The maximum atomic E-state index is 12.4. The number of aromatic nitrogens is 1. The Morgan fingerprint density at radius 3 is 2.64 bits per heavy atom. The number of carbonyl (C=O) groups is 2. The Morgan fingerprint density at radius 2 is 1.93 bits per heavy atom. The molecule has 0 bridgehead atoms. The molecule has 3 rings (SSSR count). The highest BCUT2D eigenvalue weighted by Crippen LogP contribution is 2.20. The van der Waals surface area contributed by atoms with E-state index in [1.165, 1.54) is 13.2 Å². The van der Waals surface area contributed by atoms with Gasteiger partial charge in [0.15, 0.2) is 0 Å². The van der Waals surface area contributed by atoms with Gasteiger partial charge in [-0.1, -0.05) is 11.6 Å². The van der Waals surface area contributed by atoms with Gasteiger partial charge in [-0.15, -0.1) is 0 Å². The van der Waals surface area contributed by atoms with Crippen LogP contribution in [-0.4, -0.2) is 35.4 Å². The molecule has 1 heterocycles. The highest BCUT2D eigenvalue weighted by molar-refractivity contribution is 5.99. The van der Waals surface area contributed by atoms with Crippen molar-refractivity contribution in [3.8, 4) is 0 Å². The number of benzene rings is 2. The molecule has 2 N–H and O–H groups in total. The number of nitro groups is 1. The minimum atomic E-state index is -0.744. The van der Waals surface area contributed by atoms with Gasteiger partial charge in [0.25, 0.3) is 11.6 Å². The number of nitrogens with one attached hydrogen (secondary N) is 2. The van der Waals surface area contributed by atoms with Crippen LogP contribution in [0, 0.1) is 17.0 Å². The van der Waals surface area contributed by atoms with Crippen LogP contribution in [0.25, 0.3) is 10.9 Å². The second-order valence-electron chi connectivity index (χ2n) is 6.39. The number of rotatable bonds is 6. The van der Waals surface area contributed by atoms with Crippen LogP contribution in [0.15, 0.2) is 42.6 Å². The molecule has 0 spiro atoms. The molecule has 0 unspecified atom stereocenters. The number of aryl methyl sites for hydroxylation is 1. The molecule has 0 aliphatic rings. The zero-order chi connectivity index (χ0) is 20.3. The summed E-state index contributed by atoms with van der Waals surface area (Å²) in [7, 11) is 1.17. The molecule has 0 aliphatic carbocycles. The first-order valence-corrected chi connectivity index (χ1v) is 8.61. The Morgan fingerprint density at radius 1 is 1.18 bits per heavy atom. The summed E-state index contributed by atoms with van der Waals surface area (Å²) >= 11 is 0. The summed E-state index contributed by atoms with van der Waals surface area (Å²) in [5.74, 6) is -1.24. The van der Waals surface area contributed by atoms with Crippen molar-refractivity contribution in [1.82, 2.24) is 10.3 Å². The van der Waals surface area contributed by atoms with Crippen molar-refractivity contribution in [2.75, 3.05) is 13.7 Å². The van der Waals surface area contributed by atoms with E-state index in [0.717, 1.165) is 34.2 Å². The number of aromatic amines is 1. The molecule has 28 heavy (non-hydrogen) atoms. The summed E-state index contributed by atoms with van der Waals surface area (Å²) in [6.45, 7) is 2.36. The van der Waals surface area contributed by atoms with Crippen LogP contribution in [0.4, 0.5) is 5.69 Å². The molecule has 1 amide bonds. The molecule has 3 aromatic rings. The number of carbonyl (C=O) groups excluding carboxylic acids is 2. The quantitative estimate of drug-likeness (QED) is 0.387. The summed E-state index contributed by atoms with van der Waals surface area (Å²) in [5, 5.41) is 14.9. The van der Waals surface area contributed by atoms with Crippen LogP contribution in [0.5, 0.6) is 0 Å². The Bertz CT molecular complexity index is 1070. The SMILES string of the molecule is COC(=O)c1cc(C(=O)NCCc2c[nH]c3ccc(C)cc23)cc([N+](=O)[O-])c1. The van der Waals surface area contributed by atoms with E-state index in [2.05, 4.69) is 21.1 Å². The number of methoxy groups -OCH3 is 1. The minimum absolute atomic E-state index is 0.0318. The average molecular weight is 381 g/mol. The number of nitro benzene ring substituents is 1. The van der Waals surface area contributed by atoms with Crippen molar-refractivity contribution in [2.45, 2.75) is 13.3 Å². The van der Waals surface area contributed by atoms with Gasteiger partial charge in [-0.3, -0.25) is 14.9 Å². The topological polar surface area (TPSA) is 114 Å². The number of hydrogen-bond acceptors (Lipinski definition) is 5. The van der Waals surface area contributed by atoms with Gasteiger partial charge < -0.3 is 15.0 Å². The predicted molar refractivity (Wildman–Crippen MR) is 104 cm³/mol. The number of amides is 1. The third-order valence-electron chi connectivity index (χ3n) is 4.41. The zero-order valence-electron chi connectivity index (χ0n) is 15.4. The van der Waals surface area contributed by atoms with E-state index in [4.69, 9.17) is 0 Å². The van der Waals surface area contributed by atoms with Gasteiger partial charge in [-0.2, -0.15) is 0 Å². The molecule has 0 fully saturated rings. The predicted octanol–water partition coefficient (Wildman–Crippen LogP) is 3.14. The second kappa shape index (κ2) is 7.91. The molecule has 2 aromatic carbocycles. The number of nitrogens with zero attached hydrogens (tertiary/aromatic N) is 1. The molecule has 8 nitrogen and oxygen atoms in total. The van der Waals surface area contributed by atoms with Gasteiger partial charge >= 0.3 is 5.97 Å². The summed E-state index contributed by atoms with van der Waals surface area (Å²) in [5.41, 5.74) is 2.87. The van der Waals surface area contributed by atoms with Crippen LogP contribution in [0.2, 0.25) is 0 Å². The van der Waals surface area contributed by atoms with Crippen molar-refractivity contribution in [3.05, 3.63) is 75.0 Å². The number of hydrogen-bond donors (Lipinski definition) is 2. The normalized spacial score (nSPS) is 10.6. The van der Waals surface area contributed by atoms with Crippen LogP contribution in [-0.2, 0) is 11.2 Å². The van der Waals surface area contributed by atoms with Crippen LogP contribution in [0.1, 0.15) is 31.8 Å². The number of non-ortho nitro benzene ring substituents is 1. The fourth-order valence-electron chi connectivity index (χ4n) is 3.00. The second-order valence-corrected chi connectivity index (χ2v) is 6.39. The number of ether oxygens (including phenoxy) is 1. The Kier molecular flexibility index (Phi) is 5.39.